The Hall–Kier alpha value is -2.37. The van der Waals surface area contributed by atoms with Crippen molar-refractivity contribution in [3.63, 3.8) is 0 Å². The van der Waals surface area contributed by atoms with Crippen molar-refractivity contribution in [3.05, 3.63) is 35.5 Å². The highest BCUT2D eigenvalue weighted by Crippen LogP contribution is 2.41. The zero-order valence-electron chi connectivity index (χ0n) is 12.0. The molecule has 6 nitrogen and oxygen atoms in total. The highest BCUT2D eigenvalue weighted by Gasteiger charge is 2.31. The van der Waals surface area contributed by atoms with E-state index in [4.69, 9.17) is 4.74 Å². The van der Waals surface area contributed by atoms with Crippen LogP contribution in [0.15, 0.2) is 18.5 Å². The Bertz CT molecular complexity index is 683. The van der Waals surface area contributed by atoms with Gasteiger partial charge >= 0.3 is 5.97 Å². The van der Waals surface area contributed by atoms with Crippen molar-refractivity contribution in [2.24, 2.45) is 0 Å². The second kappa shape index (κ2) is 5.55. The number of aromatic nitrogens is 4. The Balaban J connectivity index is 2.01. The van der Waals surface area contributed by atoms with Crippen LogP contribution < -0.4 is 0 Å². The standard InChI is InChI=1S/C15H16N4O2/c1-3-21-15(20)11-8-17-14(19-13(11)10-4-5-10)12-6-7-16-9(2)18-12/h6-8,10H,3-5H2,1-2H3. The van der Waals surface area contributed by atoms with Crippen molar-refractivity contribution in [2.75, 3.05) is 6.61 Å². The monoisotopic (exact) mass is 284 g/mol. The number of nitrogens with zero attached hydrogens (tertiary/aromatic N) is 4. The maximum Gasteiger partial charge on any atom is 0.341 e. The zero-order chi connectivity index (χ0) is 14.8. The Morgan fingerprint density at radius 2 is 2.14 bits per heavy atom. The molecule has 1 aliphatic rings. The predicted molar refractivity (Wildman–Crippen MR) is 75.7 cm³/mol. The van der Waals surface area contributed by atoms with Gasteiger partial charge in [0.2, 0.25) is 0 Å². The van der Waals surface area contributed by atoms with Crippen LogP contribution in [0, 0.1) is 6.92 Å². The van der Waals surface area contributed by atoms with Gasteiger partial charge in [0.15, 0.2) is 5.82 Å². The van der Waals surface area contributed by atoms with Crippen LogP contribution in [0.2, 0.25) is 0 Å². The second-order valence-electron chi connectivity index (χ2n) is 4.98. The number of ether oxygens (including phenoxy) is 1. The molecule has 0 atom stereocenters. The molecule has 0 aromatic carbocycles. The molecular formula is C15H16N4O2. The summed E-state index contributed by atoms with van der Waals surface area (Å²) in [7, 11) is 0. The molecule has 1 aliphatic carbocycles. The summed E-state index contributed by atoms with van der Waals surface area (Å²) < 4.78 is 5.07. The highest BCUT2D eigenvalue weighted by molar-refractivity contribution is 5.90. The largest absolute Gasteiger partial charge is 0.462 e. The van der Waals surface area contributed by atoms with Crippen molar-refractivity contribution in [3.8, 4) is 11.5 Å². The molecule has 0 aliphatic heterocycles. The first-order valence-corrected chi connectivity index (χ1v) is 7.03. The lowest BCUT2D eigenvalue weighted by atomic mass is 10.1. The number of aryl methyl sites for hydroxylation is 1. The van der Waals surface area contributed by atoms with Crippen molar-refractivity contribution >= 4 is 5.97 Å². The molecule has 21 heavy (non-hydrogen) atoms. The summed E-state index contributed by atoms with van der Waals surface area (Å²) in [4.78, 5) is 29.2. The van der Waals surface area contributed by atoms with Crippen LogP contribution in [0.5, 0.6) is 0 Å². The van der Waals surface area contributed by atoms with Crippen LogP contribution in [-0.2, 0) is 4.74 Å². The Morgan fingerprint density at radius 1 is 1.33 bits per heavy atom. The average Bonchev–Trinajstić information content (AvgIpc) is 3.31. The lowest BCUT2D eigenvalue weighted by Gasteiger charge is -2.08. The van der Waals surface area contributed by atoms with E-state index in [1.165, 1.54) is 0 Å². The van der Waals surface area contributed by atoms with Crippen LogP contribution >= 0.6 is 0 Å². The summed E-state index contributed by atoms with van der Waals surface area (Å²) in [6, 6.07) is 1.77. The quantitative estimate of drug-likeness (QED) is 0.802. The van der Waals surface area contributed by atoms with Gasteiger partial charge < -0.3 is 4.74 Å². The highest BCUT2D eigenvalue weighted by atomic mass is 16.5. The molecule has 0 saturated heterocycles. The third-order valence-corrected chi connectivity index (χ3v) is 3.28. The molecule has 2 heterocycles. The Kier molecular flexibility index (Phi) is 3.60. The number of carbonyl (C=O) groups excluding carboxylic acids is 1. The first-order valence-electron chi connectivity index (χ1n) is 7.03. The minimum Gasteiger partial charge on any atom is -0.462 e. The first-order chi connectivity index (χ1) is 10.2. The molecule has 6 heteroatoms. The maximum atomic E-state index is 12.0. The Labute approximate surface area is 122 Å². The lowest BCUT2D eigenvalue weighted by Crippen LogP contribution is -2.11. The fourth-order valence-electron chi connectivity index (χ4n) is 2.13. The summed E-state index contributed by atoms with van der Waals surface area (Å²) in [5.74, 6) is 1.16. The van der Waals surface area contributed by atoms with E-state index in [1.54, 1.807) is 25.4 Å². The smallest absolute Gasteiger partial charge is 0.341 e. The molecule has 2 aromatic heterocycles. The fourth-order valence-corrected chi connectivity index (χ4v) is 2.13. The van der Waals surface area contributed by atoms with Crippen LogP contribution in [0.4, 0.5) is 0 Å². The van der Waals surface area contributed by atoms with E-state index in [1.807, 2.05) is 6.92 Å². The fraction of sp³-hybridized carbons (Fsp3) is 0.400. The van der Waals surface area contributed by atoms with Gasteiger partial charge in [0, 0.05) is 18.3 Å². The number of hydrogen-bond donors (Lipinski definition) is 0. The van der Waals surface area contributed by atoms with E-state index in [0.29, 0.717) is 35.4 Å². The molecule has 0 N–H and O–H groups in total. The van der Waals surface area contributed by atoms with Crippen molar-refractivity contribution in [2.45, 2.75) is 32.6 Å². The summed E-state index contributed by atoms with van der Waals surface area (Å²) in [6.07, 6.45) is 5.32. The maximum absolute atomic E-state index is 12.0. The molecule has 1 fully saturated rings. The van der Waals surface area contributed by atoms with Crippen molar-refractivity contribution < 1.29 is 9.53 Å². The zero-order valence-corrected chi connectivity index (χ0v) is 12.0. The van der Waals surface area contributed by atoms with Crippen LogP contribution in [-0.4, -0.2) is 32.5 Å². The first kappa shape index (κ1) is 13.6. The molecule has 0 bridgehead atoms. The minimum absolute atomic E-state index is 0.328. The molecule has 0 spiro atoms. The third-order valence-electron chi connectivity index (χ3n) is 3.28. The van der Waals surface area contributed by atoms with Gasteiger partial charge in [-0.1, -0.05) is 0 Å². The lowest BCUT2D eigenvalue weighted by molar-refractivity contribution is 0.0524. The van der Waals surface area contributed by atoms with E-state index >= 15 is 0 Å². The number of esters is 1. The van der Waals surface area contributed by atoms with Gasteiger partial charge in [-0.2, -0.15) is 0 Å². The molecule has 2 aromatic rings. The van der Waals surface area contributed by atoms with Gasteiger partial charge in [-0.25, -0.2) is 24.7 Å². The molecule has 0 unspecified atom stereocenters. The van der Waals surface area contributed by atoms with Gasteiger partial charge in [-0.15, -0.1) is 0 Å². The van der Waals surface area contributed by atoms with Gasteiger partial charge in [0.05, 0.1) is 17.9 Å². The summed E-state index contributed by atoms with van der Waals surface area (Å²) in [5.41, 5.74) is 1.91. The predicted octanol–water partition coefficient (Wildman–Crippen LogP) is 2.30. The van der Waals surface area contributed by atoms with Crippen molar-refractivity contribution in [1.82, 2.24) is 19.9 Å². The number of hydrogen-bond acceptors (Lipinski definition) is 6. The average molecular weight is 284 g/mol. The van der Waals surface area contributed by atoms with Gasteiger partial charge in [0.25, 0.3) is 0 Å². The molecule has 108 valence electrons. The SMILES string of the molecule is CCOC(=O)c1cnc(-c2ccnc(C)n2)nc1C1CC1. The van der Waals surface area contributed by atoms with Crippen molar-refractivity contribution in [1.29, 1.82) is 0 Å². The number of rotatable bonds is 4. The summed E-state index contributed by atoms with van der Waals surface area (Å²) in [5, 5.41) is 0. The minimum atomic E-state index is -0.357. The Morgan fingerprint density at radius 3 is 2.81 bits per heavy atom. The topological polar surface area (TPSA) is 77.9 Å². The van der Waals surface area contributed by atoms with E-state index in [9.17, 15) is 4.79 Å². The molecule has 0 radical (unpaired) electrons. The third kappa shape index (κ3) is 2.89. The molecule has 3 rings (SSSR count). The van der Waals surface area contributed by atoms with E-state index in [-0.39, 0.29) is 5.97 Å². The summed E-state index contributed by atoms with van der Waals surface area (Å²) in [6.45, 7) is 3.95. The van der Waals surface area contributed by atoms with Gasteiger partial charge in [0.1, 0.15) is 11.5 Å². The molecular weight excluding hydrogens is 268 g/mol. The number of carbonyl (C=O) groups is 1. The van der Waals surface area contributed by atoms with E-state index < -0.39 is 0 Å². The van der Waals surface area contributed by atoms with E-state index in [2.05, 4.69) is 19.9 Å². The van der Waals surface area contributed by atoms with Gasteiger partial charge in [-0.05, 0) is 32.8 Å². The normalized spacial score (nSPS) is 14.0. The van der Waals surface area contributed by atoms with Crippen LogP contribution in [0.1, 0.15) is 47.6 Å². The molecule has 0 amide bonds. The van der Waals surface area contributed by atoms with E-state index in [0.717, 1.165) is 18.5 Å². The molecule has 1 saturated carbocycles. The summed E-state index contributed by atoms with van der Waals surface area (Å²) >= 11 is 0. The van der Waals surface area contributed by atoms with Crippen LogP contribution in [0.25, 0.3) is 11.5 Å². The second-order valence-corrected chi connectivity index (χ2v) is 4.98. The van der Waals surface area contributed by atoms with Crippen LogP contribution in [0.3, 0.4) is 0 Å². The van der Waals surface area contributed by atoms with Gasteiger partial charge in [-0.3, -0.25) is 0 Å².